The summed E-state index contributed by atoms with van der Waals surface area (Å²) in [6, 6.07) is 15.0. The number of esters is 1. The molecule has 1 aliphatic rings. The predicted molar refractivity (Wildman–Crippen MR) is 107 cm³/mol. The van der Waals surface area contributed by atoms with Gasteiger partial charge in [0.05, 0.1) is 13.7 Å². The number of ether oxygens (including phenoxy) is 3. The lowest BCUT2D eigenvalue weighted by Gasteiger charge is -2.21. The van der Waals surface area contributed by atoms with E-state index in [0.29, 0.717) is 18.0 Å². The molecule has 0 amide bonds. The average molecular weight is 393 g/mol. The molecule has 0 atom stereocenters. The number of Topliss-reactive ketones (excluding diaryl/α,β-unsaturated/α-hetero) is 1. The van der Waals surface area contributed by atoms with E-state index in [4.69, 9.17) is 14.2 Å². The first-order valence-corrected chi connectivity index (χ1v) is 9.17. The van der Waals surface area contributed by atoms with Gasteiger partial charge >= 0.3 is 5.97 Å². The Bertz CT molecular complexity index is 962. The van der Waals surface area contributed by atoms with Gasteiger partial charge in [0.2, 0.25) is 18.5 Å². The number of carbonyl (C=O) groups is 2. The van der Waals surface area contributed by atoms with Crippen LogP contribution in [0, 0.1) is 13.8 Å². The number of aryl methyl sites for hydroxylation is 2. The van der Waals surface area contributed by atoms with Crippen LogP contribution in [0.4, 0.5) is 0 Å². The van der Waals surface area contributed by atoms with E-state index in [1.165, 1.54) is 19.6 Å². The highest BCUT2D eigenvalue weighted by Gasteiger charge is 2.25. The Morgan fingerprint density at radius 2 is 1.86 bits per heavy atom. The van der Waals surface area contributed by atoms with Crippen LogP contribution in [0.2, 0.25) is 0 Å². The lowest BCUT2D eigenvalue weighted by molar-refractivity contribution is -0.135. The molecule has 0 fully saturated rings. The van der Waals surface area contributed by atoms with Crippen LogP contribution in [0.5, 0.6) is 0 Å². The first-order valence-electron chi connectivity index (χ1n) is 9.17. The lowest BCUT2D eigenvalue weighted by Crippen LogP contribution is -2.23. The third-order valence-electron chi connectivity index (χ3n) is 4.64. The highest BCUT2D eigenvalue weighted by Crippen LogP contribution is 2.21. The first-order chi connectivity index (χ1) is 14.0. The van der Waals surface area contributed by atoms with Crippen LogP contribution in [0.1, 0.15) is 27.0 Å². The van der Waals surface area contributed by atoms with E-state index in [2.05, 4.69) is 0 Å². The molecule has 2 aromatic rings. The molecule has 0 saturated heterocycles. The van der Waals surface area contributed by atoms with E-state index in [0.717, 1.165) is 16.7 Å². The summed E-state index contributed by atoms with van der Waals surface area (Å²) in [5, 5.41) is 0. The zero-order valence-electron chi connectivity index (χ0n) is 16.7. The molecule has 0 spiro atoms. The smallest absolute Gasteiger partial charge is 0.343 e. The zero-order chi connectivity index (χ0) is 20.8. The molecule has 150 valence electrons. The van der Waals surface area contributed by atoms with Crippen molar-refractivity contribution < 1.29 is 23.8 Å². The molecular formula is C23H23NO5. The van der Waals surface area contributed by atoms with Crippen LogP contribution < -0.4 is 0 Å². The fraction of sp³-hybridized carbons (Fsp3) is 0.217. The van der Waals surface area contributed by atoms with Gasteiger partial charge < -0.3 is 19.1 Å². The van der Waals surface area contributed by atoms with E-state index in [1.807, 2.05) is 50.2 Å². The van der Waals surface area contributed by atoms with Gasteiger partial charge in [0, 0.05) is 11.8 Å². The van der Waals surface area contributed by atoms with Gasteiger partial charge in [-0.05, 0) is 36.6 Å². The molecule has 0 radical (unpaired) electrons. The van der Waals surface area contributed by atoms with Gasteiger partial charge in [0.1, 0.15) is 11.8 Å². The monoisotopic (exact) mass is 393 g/mol. The second-order valence-electron chi connectivity index (χ2n) is 6.66. The summed E-state index contributed by atoms with van der Waals surface area (Å²) in [7, 11) is 1.25. The van der Waals surface area contributed by atoms with Crippen molar-refractivity contribution >= 4 is 11.8 Å². The minimum absolute atomic E-state index is 0.0765. The van der Waals surface area contributed by atoms with Gasteiger partial charge in [-0.2, -0.15) is 0 Å². The predicted octanol–water partition coefficient (Wildman–Crippen LogP) is 3.85. The summed E-state index contributed by atoms with van der Waals surface area (Å²) < 4.78 is 15.5. The SMILES string of the molecule is COC(=O)C(=CN(Cc1ccccc1)C1=COCO1)C(=O)c1ccc(C)c(C)c1. The van der Waals surface area contributed by atoms with Gasteiger partial charge in [-0.1, -0.05) is 42.5 Å². The quantitative estimate of drug-likeness (QED) is 0.234. The van der Waals surface area contributed by atoms with Crippen molar-refractivity contribution in [3.63, 3.8) is 0 Å². The Morgan fingerprint density at radius 3 is 2.48 bits per heavy atom. The first kappa shape index (κ1) is 20.2. The second-order valence-corrected chi connectivity index (χ2v) is 6.66. The van der Waals surface area contributed by atoms with Crippen LogP contribution in [-0.2, 0) is 25.5 Å². The van der Waals surface area contributed by atoms with Crippen molar-refractivity contribution in [1.82, 2.24) is 4.90 Å². The van der Waals surface area contributed by atoms with E-state index in [9.17, 15) is 9.59 Å². The number of rotatable bonds is 7. The zero-order valence-corrected chi connectivity index (χ0v) is 16.7. The van der Waals surface area contributed by atoms with Gasteiger partial charge in [0.25, 0.3) is 0 Å². The Morgan fingerprint density at radius 1 is 1.10 bits per heavy atom. The summed E-state index contributed by atoms with van der Waals surface area (Å²) in [5.41, 5.74) is 3.34. The Kier molecular flexibility index (Phi) is 6.34. The van der Waals surface area contributed by atoms with Gasteiger partial charge in [-0.25, -0.2) is 4.79 Å². The van der Waals surface area contributed by atoms with Crippen molar-refractivity contribution in [2.24, 2.45) is 0 Å². The summed E-state index contributed by atoms with van der Waals surface area (Å²) in [4.78, 5) is 27.2. The van der Waals surface area contributed by atoms with Crippen molar-refractivity contribution in [3.05, 3.63) is 94.7 Å². The van der Waals surface area contributed by atoms with Gasteiger partial charge in [-0.3, -0.25) is 4.79 Å². The van der Waals surface area contributed by atoms with Crippen LogP contribution in [0.15, 0.2) is 72.4 Å². The number of methoxy groups -OCH3 is 1. The summed E-state index contributed by atoms with van der Waals surface area (Å²) in [5.74, 6) is -0.730. The van der Waals surface area contributed by atoms with E-state index in [1.54, 1.807) is 17.0 Å². The molecule has 0 aliphatic carbocycles. The van der Waals surface area contributed by atoms with Crippen LogP contribution >= 0.6 is 0 Å². The summed E-state index contributed by atoms with van der Waals surface area (Å²) >= 11 is 0. The maximum Gasteiger partial charge on any atom is 0.343 e. The molecule has 2 aromatic carbocycles. The molecule has 6 heteroatoms. The topological polar surface area (TPSA) is 65.1 Å². The van der Waals surface area contributed by atoms with E-state index in [-0.39, 0.29) is 12.4 Å². The third-order valence-corrected chi connectivity index (χ3v) is 4.64. The molecular weight excluding hydrogens is 370 g/mol. The molecule has 0 bridgehead atoms. The molecule has 29 heavy (non-hydrogen) atoms. The minimum atomic E-state index is -0.717. The maximum atomic E-state index is 13.1. The third kappa shape index (κ3) is 4.85. The number of hydrogen-bond donors (Lipinski definition) is 0. The molecule has 1 heterocycles. The van der Waals surface area contributed by atoms with Crippen LogP contribution in [0.25, 0.3) is 0 Å². The van der Waals surface area contributed by atoms with Crippen molar-refractivity contribution in [2.45, 2.75) is 20.4 Å². The Balaban J connectivity index is 2.00. The fourth-order valence-electron chi connectivity index (χ4n) is 2.86. The molecule has 6 nitrogen and oxygen atoms in total. The molecule has 1 aliphatic heterocycles. The molecule has 0 saturated carbocycles. The number of carbonyl (C=O) groups excluding carboxylic acids is 2. The fourth-order valence-corrected chi connectivity index (χ4v) is 2.86. The van der Waals surface area contributed by atoms with Gasteiger partial charge in [0.15, 0.2) is 0 Å². The highest BCUT2D eigenvalue weighted by molar-refractivity contribution is 6.24. The average Bonchev–Trinajstić information content (AvgIpc) is 3.27. The maximum absolute atomic E-state index is 13.1. The molecule has 0 N–H and O–H groups in total. The Labute approximate surface area is 170 Å². The number of hydrogen-bond acceptors (Lipinski definition) is 6. The highest BCUT2D eigenvalue weighted by atomic mass is 16.7. The summed E-state index contributed by atoms with van der Waals surface area (Å²) in [6.45, 7) is 4.35. The van der Waals surface area contributed by atoms with Gasteiger partial charge in [-0.15, -0.1) is 0 Å². The van der Waals surface area contributed by atoms with Crippen LogP contribution in [0.3, 0.4) is 0 Å². The second kappa shape index (κ2) is 9.10. The normalized spacial score (nSPS) is 13.2. The largest absolute Gasteiger partial charge is 0.465 e. The summed E-state index contributed by atoms with van der Waals surface area (Å²) in [6.07, 6.45) is 2.91. The lowest BCUT2D eigenvalue weighted by atomic mass is 9.99. The number of nitrogens with zero attached hydrogens (tertiary/aromatic N) is 1. The molecule has 0 unspecified atom stereocenters. The molecule has 3 rings (SSSR count). The van der Waals surface area contributed by atoms with E-state index >= 15 is 0 Å². The number of ketones is 1. The number of benzene rings is 2. The van der Waals surface area contributed by atoms with Crippen LogP contribution in [-0.4, -0.2) is 30.6 Å². The van der Waals surface area contributed by atoms with Crippen molar-refractivity contribution in [1.29, 1.82) is 0 Å². The minimum Gasteiger partial charge on any atom is -0.465 e. The van der Waals surface area contributed by atoms with Crippen molar-refractivity contribution in [3.8, 4) is 0 Å². The van der Waals surface area contributed by atoms with Crippen molar-refractivity contribution in [2.75, 3.05) is 13.9 Å². The van der Waals surface area contributed by atoms with E-state index < -0.39 is 11.8 Å². The molecule has 0 aromatic heterocycles. The standard InChI is InChI=1S/C23H23NO5/c1-16-9-10-19(11-17(16)2)22(25)20(23(26)27-3)13-24(21-14-28-15-29-21)12-18-7-5-4-6-8-18/h4-11,13-14H,12,15H2,1-3H3. The Hall–Kier alpha value is -3.54.